The number of pyridine rings is 1. The number of aromatic nitrogens is 2. The number of fused-ring (bicyclic) bond motifs is 1. The van der Waals surface area contributed by atoms with Gasteiger partial charge in [0.15, 0.2) is 5.82 Å². The van der Waals surface area contributed by atoms with Crippen LogP contribution in [0.1, 0.15) is 61.1 Å². The Kier molecular flexibility index (Phi) is 7.60. The lowest BCUT2D eigenvalue weighted by molar-refractivity contribution is 0.0635. The summed E-state index contributed by atoms with van der Waals surface area (Å²) in [5.41, 5.74) is 0.981. The van der Waals surface area contributed by atoms with E-state index in [9.17, 15) is 4.79 Å². The van der Waals surface area contributed by atoms with Crippen molar-refractivity contribution in [2.45, 2.75) is 77.6 Å². The minimum absolute atomic E-state index is 0.0486. The molecular weight excluding hydrogens is 362 g/mol. The van der Waals surface area contributed by atoms with Crippen molar-refractivity contribution >= 4 is 29.3 Å². The number of imidazole rings is 1. The highest BCUT2D eigenvalue weighted by molar-refractivity contribution is 8.00. The van der Waals surface area contributed by atoms with Gasteiger partial charge in [-0.3, -0.25) is 5.32 Å². The van der Waals surface area contributed by atoms with Crippen LogP contribution in [0, 0.1) is 6.92 Å². The molecule has 0 fully saturated rings. The van der Waals surface area contributed by atoms with Gasteiger partial charge in [0.2, 0.25) is 0 Å². The summed E-state index contributed by atoms with van der Waals surface area (Å²) in [5.74, 6) is 1.25. The van der Waals surface area contributed by atoms with Crippen molar-refractivity contribution in [2.24, 2.45) is 0 Å². The average molecular weight is 396 g/mol. The minimum atomic E-state index is -0.559. The maximum absolute atomic E-state index is 12.0. The second-order valence-electron chi connectivity index (χ2n) is 7.82. The van der Waals surface area contributed by atoms with Gasteiger partial charge in [0.25, 0.3) is 0 Å². The van der Waals surface area contributed by atoms with Gasteiger partial charge in [0.05, 0.1) is 17.7 Å². The maximum Gasteiger partial charge on any atom is 0.413 e. The van der Waals surface area contributed by atoms with E-state index in [1.807, 2.05) is 58.2 Å². The molecule has 2 rings (SSSR count). The van der Waals surface area contributed by atoms with Gasteiger partial charge in [-0.15, -0.1) is 11.8 Å². The van der Waals surface area contributed by atoms with E-state index in [4.69, 9.17) is 9.47 Å². The van der Waals surface area contributed by atoms with Crippen LogP contribution in [0.15, 0.2) is 17.2 Å². The van der Waals surface area contributed by atoms with Crippen molar-refractivity contribution in [3.05, 3.63) is 18.0 Å². The number of amides is 1. The average Bonchev–Trinajstić information content (AvgIpc) is 2.81. The third-order valence-electron chi connectivity index (χ3n) is 3.18. The Bertz CT molecular complexity index is 786. The normalized spacial score (nSPS) is 11.6. The minimum Gasteiger partial charge on any atom is -0.495 e. The van der Waals surface area contributed by atoms with Crippen LogP contribution in [0.3, 0.4) is 0 Å². The molecule has 0 spiro atoms. The topological polar surface area (TPSA) is 64.9 Å². The van der Waals surface area contributed by atoms with E-state index in [-0.39, 0.29) is 4.75 Å². The van der Waals surface area contributed by atoms with Crippen LogP contribution < -0.4 is 10.1 Å². The molecule has 0 radical (unpaired) electrons. The summed E-state index contributed by atoms with van der Waals surface area (Å²) in [7, 11) is 1.65. The quantitative estimate of drug-likeness (QED) is 0.654. The van der Waals surface area contributed by atoms with E-state index in [0.717, 1.165) is 16.3 Å². The first-order valence-electron chi connectivity index (χ1n) is 9.15. The van der Waals surface area contributed by atoms with E-state index < -0.39 is 11.7 Å². The number of carbonyl (C=O) groups excluding carboxylic acids is 1. The molecule has 0 aliphatic rings. The Morgan fingerprint density at radius 2 is 1.78 bits per heavy atom. The summed E-state index contributed by atoms with van der Waals surface area (Å²) in [4.78, 5) is 17.5. The standard InChI is InChI=1S/C18H27N3O3S.C2H6/c1-11-15(20-16(22)24-17(2,3)4)19-14-9-12(23-8)13(10-21(11)14)25-18(5,6)7;1-2/h9-10H,1-8H3,(H,20,22);1-2H3. The molecule has 1 amide bonds. The van der Waals surface area contributed by atoms with Gasteiger partial charge in [-0.2, -0.15) is 0 Å². The van der Waals surface area contributed by atoms with Crippen LogP contribution in [0.5, 0.6) is 5.75 Å². The van der Waals surface area contributed by atoms with Gasteiger partial charge in [-0.25, -0.2) is 9.78 Å². The van der Waals surface area contributed by atoms with Gasteiger partial charge < -0.3 is 13.9 Å². The first kappa shape index (κ1) is 23.1. The van der Waals surface area contributed by atoms with Crippen molar-refractivity contribution in [3.8, 4) is 5.75 Å². The number of anilines is 1. The number of nitrogens with one attached hydrogen (secondary N) is 1. The molecule has 0 atom stereocenters. The van der Waals surface area contributed by atoms with Crippen LogP contribution in [-0.2, 0) is 4.74 Å². The summed E-state index contributed by atoms with van der Waals surface area (Å²) in [6, 6.07) is 1.88. The predicted molar refractivity (Wildman–Crippen MR) is 113 cm³/mol. The Hall–Kier alpha value is -1.89. The lowest BCUT2D eigenvalue weighted by atomic mass is 10.2. The molecule has 0 saturated heterocycles. The number of aryl methyl sites for hydroxylation is 1. The Labute approximate surface area is 167 Å². The molecule has 2 aromatic heterocycles. The molecule has 0 aliphatic heterocycles. The van der Waals surface area contributed by atoms with Crippen molar-refractivity contribution in [1.82, 2.24) is 9.38 Å². The summed E-state index contributed by atoms with van der Waals surface area (Å²) >= 11 is 1.72. The fourth-order valence-corrected chi connectivity index (χ4v) is 3.31. The van der Waals surface area contributed by atoms with Crippen LogP contribution in [-0.4, -0.2) is 32.9 Å². The molecule has 1 N–H and O–H groups in total. The number of hydrogen-bond acceptors (Lipinski definition) is 5. The largest absolute Gasteiger partial charge is 0.495 e. The van der Waals surface area contributed by atoms with Crippen LogP contribution in [0.4, 0.5) is 10.6 Å². The zero-order valence-corrected chi connectivity index (χ0v) is 19.0. The smallest absolute Gasteiger partial charge is 0.413 e. The number of carbonyl (C=O) groups is 1. The van der Waals surface area contributed by atoms with Crippen molar-refractivity contribution in [2.75, 3.05) is 12.4 Å². The third-order valence-corrected chi connectivity index (χ3v) is 4.32. The molecule has 152 valence electrons. The van der Waals surface area contributed by atoms with Crippen molar-refractivity contribution < 1.29 is 14.3 Å². The van der Waals surface area contributed by atoms with E-state index in [2.05, 4.69) is 31.1 Å². The molecule has 0 bridgehead atoms. The van der Waals surface area contributed by atoms with Crippen LogP contribution >= 0.6 is 11.8 Å². The summed E-state index contributed by atoms with van der Waals surface area (Å²) in [6.45, 7) is 17.8. The lowest BCUT2D eigenvalue weighted by Crippen LogP contribution is -2.27. The summed E-state index contributed by atoms with van der Waals surface area (Å²) in [5, 5.41) is 2.72. The number of rotatable bonds is 3. The van der Waals surface area contributed by atoms with Gasteiger partial charge in [0.1, 0.15) is 17.0 Å². The molecule has 0 saturated carbocycles. The molecule has 2 heterocycles. The SMILES string of the molecule is CC.COc1cc2nc(NC(=O)OC(C)(C)C)c(C)n2cc1SC(C)(C)C. The van der Waals surface area contributed by atoms with Crippen molar-refractivity contribution in [1.29, 1.82) is 0 Å². The number of methoxy groups -OCH3 is 1. The molecule has 27 heavy (non-hydrogen) atoms. The third kappa shape index (κ3) is 6.65. The van der Waals surface area contributed by atoms with E-state index in [0.29, 0.717) is 11.5 Å². The zero-order valence-electron chi connectivity index (χ0n) is 18.2. The van der Waals surface area contributed by atoms with Crippen LogP contribution in [0.25, 0.3) is 5.65 Å². The highest BCUT2D eigenvalue weighted by atomic mass is 32.2. The fraction of sp³-hybridized carbons (Fsp3) is 0.600. The molecule has 0 unspecified atom stereocenters. The molecule has 0 aliphatic carbocycles. The number of hydrogen-bond donors (Lipinski definition) is 1. The Morgan fingerprint density at radius 1 is 1.19 bits per heavy atom. The molecule has 6 nitrogen and oxygen atoms in total. The summed E-state index contributed by atoms with van der Waals surface area (Å²) in [6.07, 6.45) is 1.47. The van der Waals surface area contributed by atoms with Gasteiger partial charge in [-0.05, 0) is 27.7 Å². The second-order valence-corrected chi connectivity index (χ2v) is 9.69. The molecule has 0 aromatic carbocycles. The van der Waals surface area contributed by atoms with E-state index in [1.165, 1.54) is 0 Å². The molecular formula is C20H33N3O3S. The highest BCUT2D eigenvalue weighted by Crippen LogP contribution is 2.39. The van der Waals surface area contributed by atoms with E-state index in [1.54, 1.807) is 18.9 Å². The Balaban J connectivity index is 0.00000176. The first-order valence-corrected chi connectivity index (χ1v) is 9.97. The van der Waals surface area contributed by atoms with Gasteiger partial charge in [-0.1, -0.05) is 34.6 Å². The van der Waals surface area contributed by atoms with Crippen molar-refractivity contribution in [3.63, 3.8) is 0 Å². The first-order chi connectivity index (χ1) is 12.4. The number of nitrogens with zero attached hydrogens (tertiary/aromatic N) is 2. The van der Waals surface area contributed by atoms with Gasteiger partial charge >= 0.3 is 6.09 Å². The Morgan fingerprint density at radius 3 is 2.26 bits per heavy atom. The van der Waals surface area contributed by atoms with E-state index >= 15 is 0 Å². The lowest BCUT2D eigenvalue weighted by Gasteiger charge is -2.19. The highest BCUT2D eigenvalue weighted by Gasteiger charge is 2.21. The maximum atomic E-state index is 12.0. The van der Waals surface area contributed by atoms with Gasteiger partial charge in [0, 0.05) is 17.0 Å². The van der Waals surface area contributed by atoms with Crippen LogP contribution in [0.2, 0.25) is 0 Å². The molecule has 2 aromatic rings. The molecule has 7 heteroatoms. The fourth-order valence-electron chi connectivity index (χ4n) is 2.25. The predicted octanol–water partition coefficient (Wildman–Crippen LogP) is 5.92. The summed E-state index contributed by atoms with van der Waals surface area (Å²) < 4.78 is 12.8. The zero-order chi connectivity index (χ0) is 21.0. The monoisotopic (exact) mass is 395 g/mol. The second kappa shape index (κ2) is 8.87. The number of thioether (sulfide) groups is 1. The number of ether oxygens (including phenoxy) is 2.